The lowest BCUT2D eigenvalue weighted by molar-refractivity contribution is 0.414. The Morgan fingerprint density at radius 2 is 2.06 bits per heavy atom. The van der Waals surface area contributed by atoms with Crippen molar-refractivity contribution in [3.8, 4) is 5.75 Å². The quantitative estimate of drug-likeness (QED) is 0.826. The summed E-state index contributed by atoms with van der Waals surface area (Å²) in [7, 11) is 1.70. The summed E-state index contributed by atoms with van der Waals surface area (Å²) in [5.41, 5.74) is 7.60. The summed E-state index contributed by atoms with van der Waals surface area (Å²) in [4.78, 5) is 0. The minimum atomic E-state index is 0.509. The van der Waals surface area contributed by atoms with E-state index >= 15 is 0 Å². The third-order valence-electron chi connectivity index (χ3n) is 3.97. The fourth-order valence-electron chi connectivity index (χ4n) is 2.40. The second kappa shape index (κ2) is 4.46. The van der Waals surface area contributed by atoms with E-state index < -0.39 is 0 Å². The number of hydrogen-bond acceptors (Lipinski definition) is 2. The van der Waals surface area contributed by atoms with E-state index in [0.29, 0.717) is 5.41 Å². The predicted octanol–water partition coefficient (Wildman–Crippen LogP) is 2.61. The summed E-state index contributed by atoms with van der Waals surface area (Å²) in [5.74, 6) is 1.69. The van der Waals surface area contributed by atoms with Gasteiger partial charge in [0.05, 0.1) is 7.11 Å². The van der Waals surface area contributed by atoms with Crippen LogP contribution in [0, 0.1) is 11.3 Å². The molecule has 0 amide bonds. The van der Waals surface area contributed by atoms with E-state index in [4.69, 9.17) is 10.5 Å². The smallest absolute Gasteiger partial charge is 0.118 e. The fourth-order valence-corrected chi connectivity index (χ4v) is 2.40. The van der Waals surface area contributed by atoms with Gasteiger partial charge in [-0.05, 0) is 54.8 Å². The van der Waals surface area contributed by atoms with Gasteiger partial charge in [0, 0.05) is 0 Å². The van der Waals surface area contributed by atoms with Crippen LogP contribution in [0.15, 0.2) is 24.3 Å². The molecule has 2 N–H and O–H groups in total. The second-order valence-electron chi connectivity index (χ2n) is 5.14. The molecule has 2 unspecified atom stereocenters. The first kappa shape index (κ1) is 11.5. The zero-order chi connectivity index (χ0) is 11.6. The number of ether oxygens (including phenoxy) is 1. The Morgan fingerprint density at radius 1 is 1.38 bits per heavy atom. The summed E-state index contributed by atoms with van der Waals surface area (Å²) < 4.78 is 5.14. The van der Waals surface area contributed by atoms with Crippen molar-refractivity contribution in [2.75, 3.05) is 13.7 Å². The van der Waals surface area contributed by atoms with E-state index in [-0.39, 0.29) is 0 Å². The average Bonchev–Trinajstić information content (AvgIpc) is 2.99. The van der Waals surface area contributed by atoms with Crippen LogP contribution in [0.3, 0.4) is 0 Å². The molecule has 1 saturated carbocycles. The molecule has 0 aliphatic heterocycles. The van der Waals surface area contributed by atoms with Crippen LogP contribution in [-0.4, -0.2) is 13.7 Å². The lowest BCUT2D eigenvalue weighted by Gasteiger charge is -2.10. The van der Waals surface area contributed by atoms with Crippen molar-refractivity contribution in [1.82, 2.24) is 0 Å². The first-order chi connectivity index (χ1) is 7.68. The van der Waals surface area contributed by atoms with Crippen molar-refractivity contribution in [3.63, 3.8) is 0 Å². The van der Waals surface area contributed by atoms with Gasteiger partial charge in [-0.25, -0.2) is 0 Å². The molecule has 1 fully saturated rings. The molecule has 2 atom stereocenters. The number of aryl methyl sites for hydroxylation is 1. The fraction of sp³-hybridized carbons (Fsp3) is 0.571. The minimum Gasteiger partial charge on any atom is -0.497 e. The highest BCUT2D eigenvalue weighted by Gasteiger charge is 2.47. The van der Waals surface area contributed by atoms with Crippen LogP contribution >= 0.6 is 0 Å². The number of hydrogen-bond donors (Lipinski definition) is 1. The molecule has 88 valence electrons. The van der Waals surface area contributed by atoms with Crippen LogP contribution in [-0.2, 0) is 6.42 Å². The standard InChI is InChI=1S/C14H21NO/c1-14(9-12(14)10-15)8-7-11-3-5-13(16-2)6-4-11/h3-6,12H,7-10,15H2,1-2H3. The molecule has 2 nitrogen and oxygen atoms in total. The van der Waals surface area contributed by atoms with Gasteiger partial charge in [0.15, 0.2) is 0 Å². The van der Waals surface area contributed by atoms with Gasteiger partial charge >= 0.3 is 0 Å². The van der Waals surface area contributed by atoms with Gasteiger partial charge in [-0.2, -0.15) is 0 Å². The van der Waals surface area contributed by atoms with Crippen molar-refractivity contribution < 1.29 is 4.74 Å². The largest absolute Gasteiger partial charge is 0.497 e. The molecule has 16 heavy (non-hydrogen) atoms. The summed E-state index contributed by atoms with van der Waals surface area (Å²) in [6.07, 6.45) is 3.71. The van der Waals surface area contributed by atoms with E-state index in [1.165, 1.54) is 18.4 Å². The topological polar surface area (TPSA) is 35.2 Å². The molecule has 0 saturated heterocycles. The van der Waals surface area contributed by atoms with Crippen LogP contribution < -0.4 is 10.5 Å². The van der Waals surface area contributed by atoms with Crippen LogP contribution in [0.2, 0.25) is 0 Å². The number of methoxy groups -OCH3 is 1. The normalized spacial score (nSPS) is 27.8. The molecule has 1 aliphatic carbocycles. The number of rotatable bonds is 5. The van der Waals surface area contributed by atoms with Gasteiger partial charge in [0.25, 0.3) is 0 Å². The zero-order valence-electron chi connectivity index (χ0n) is 10.2. The molecule has 1 aromatic rings. The van der Waals surface area contributed by atoms with Gasteiger partial charge in [-0.1, -0.05) is 19.1 Å². The Bertz CT molecular complexity index is 346. The molecule has 2 rings (SSSR count). The molecule has 2 heteroatoms. The Morgan fingerprint density at radius 3 is 2.56 bits per heavy atom. The van der Waals surface area contributed by atoms with Gasteiger partial charge in [0.2, 0.25) is 0 Å². The van der Waals surface area contributed by atoms with Gasteiger partial charge in [-0.3, -0.25) is 0 Å². The molecule has 0 heterocycles. The summed E-state index contributed by atoms with van der Waals surface area (Å²) in [6, 6.07) is 8.38. The predicted molar refractivity (Wildman–Crippen MR) is 66.6 cm³/mol. The van der Waals surface area contributed by atoms with Crippen molar-refractivity contribution in [3.05, 3.63) is 29.8 Å². The monoisotopic (exact) mass is 219 g/mol. The van der Waals surface area contributed by atoms with Gasteiger partial charge < -0.3 is 10.5 Å². The van der Waals surface area contributed by atoms with Crippen LogP contribution in [0.1, 0.15) is 25.3 Å². The highest BCUT2D eigenvalue weighted by atomic mass is 16.5. The second-order valence-corrected chi connectivity index (χ2v) is 5.14. The average molecular weight is 219 g/mol. The van der Waals surface area contributed by atoms with Crippen LogP contribution in [0.25, 0.3) is 0 Å². The van der Waals surface area contributed by atoms with Crippen molar-refractivity contribution in [2.24, 2.45) is 17.1 Å². The number of nitrogens with two attached hydrogens (primary N) is 1. The summed E-state index contributed by atoms with van der Waals surface area (Å²) in [6.45, 7) is 3.20. The highest BCUT2D eigenvalue weighted by Crippen LogP contribution is 2.54. The Labute approximate surface area is 97.8 Å². The first-order valence-corrected chi connectivity index (χ1v) is 6.01. The van der Waals surface area contributed by atoms with Crippen molar-refractivity contribution >= 4 is 0 Å². The van der Waals surface area contributed by atoms with Crippen LogP contribution in [0.5, 0.6) is 5.75 Å². The number of benzene rings is 1. The maximum Gasteiger partial charge on any atom is 0.118 e. The zero-order valence-corrected chi connectivity index (χ0v) is 10.2. The Hall–Kier alpha value is -1.02. The van der Waals surface area contributed by atoms with E-state index in [0.717, 1.165) is 24.6 Å². The van der Waals surface area contributed by atoms with Gasteiger partial charge in [0.1, 0.15) is 5.75 Å². The van der Waals surface area contributed by atoms with Crippen molar-refractivity contribution in [2.45, 2.75) is 26.2 Å². The van der Waals surface area contributed by atoms with E-state index in [2.05, 4.69) is 19.1 Å². The summed E-state index contributed by atoms with van der Waals surface area (Å²) >= 11 is 0. The molecule has 0 spiro atoms. The van der Waals surface area contributed by atoms with E-state index in [9.17, 15) is 0 Å². The maximum atomic E-state index is 5.70. The molecule has 1 aliphatic rings. The lowest BCUT2D eigenvalue weighted by Crippen LogP contribution is -2.09. The van der Waals surface area contributed by atoms with Crippen molar-refractivity contribution in [1.29, 1.82) is 0 Å². The van der Waals surface area contributed by atoms with E-state index in [1.54, 1.807) is 7.11 Å². The third-order valence-corrected chi connectivity index (χ3v) is 3.97. The molecular weight excluding hydrogens is 198 g/mol. The minimum absolute atomic E-state index is 0.509. The Kier molecular flexibility index (Phi) is 3.20. The van der Waals surface area contributed by atoms with E-state index in [1.807, 2.05) is 12.1 Å². The van der Waals surface area contributed by atoms with Crippen LogP contribution in [0.4, 0.5) is 0 Å². The Balaban J connectivity index is 1.86. The highest BCUT2D eigenvalue weighted by molar-refractivity contribution is 5.27. The maximum absolute atomic E-state index is 5.70. The molecular formula is C14H21NO. The SMILES string of the molecule is COc1ccc(CCC2(C)CC2CN)cc1. The third kappa shape index (κ3) is 2.38. The molecule has 0 aromatic heterocycles. The molecule has 0 bridgehead atoms. The van der Waals surface area contributed by atoms with Gasteiger partial charge in [-0.15, -0.1) is 0 Å². The molecule has 0 radical (unpaired) electrons. The molecule has 1 aromatic carbocycles. The summed E-state index contributed by atoms with van der Waals surface area (Å²) in [5, 5.41) is 0. The lowest BCUT2D eigenvalue weighted by atomic mass is 9.96. The first-order valence-electron chi connectivity index (χ1n) is 6.01.